The number of hydrogen-bond donors (Lipinski definition) is 3. The number of methoxy groups -OCH3 is 1. The Bertz CT molecular complexity index is 1900. The van der Waals surface area contributed by atoms with E-state index in [0.29, 0.717) is 35.4 Å². The van der Waals surface area contributed by atoms with E-state index in [1.54, 1.807) is 31.3 Å². The highest BCUT2D eigenvalue weighted by Gasteiger charge is 2.27. The molecular weight excluding hydrogens is 554 g/mol. The number of likely N-dealkylation sites (N-methyl/N-ethyl adjacent to an activating group) is 1. The number of nitrogens with zero attached hydrogens (tertiary/aromatic N) is 2. The van der Waals surface area contributed by atoms with Gasteiger partial charge in [0.1, 0.15) is 11.8 Å². The van der Waals surface area contributed by atoms with Crippen LogP contribution in [0.25, 0.3) is 16.5 Å². The summed E-state index contributed by atoms with van der Waals surface area (Å²) in [6.45, 7) is 2.36. The van der Waals surface area contributed by atoms with Gasteiger partial charge in [0.05, 0.1) is 12.8 Å². The number of ether oxygens (including phenoxy) is 1. The number of benzene rings is 3. The Morgan fingerprint density at radius 2 is 1.77 bits per heavy atom. The number of pyridine rings is 1. The third-order valence-electron chi connectivity index (χ3n) is 8.29. The fourth-order valence-electron chi connectivity index (χ4n) is 5.86. The summed E-state index contributed by atoms with van der Waals surface area (Å²) in [5, 5.41) is 7.80. The van der Waals surface area contributed by atoms with Gasteiger partial charge in [-0.25, -0.2) is 0 Å². The van der Waals surface area contributed by atoms with Crippen molar-refractivity contribution in [2.45, 2.75) is 38.3 Å². The van der Waals surface area contributed by atoms with Crippen LogP contribution in [-0.2, 0) is 16.1 Å². The highest BCUT2D eigenvalue weighted by molar-refractivity contribution is 5.91. The van der Waals surface area contributed by atoms with Crippen molar-refractivity contribution in [2.75, 3.05) is 24.8 Å². The van der Waals surface area contributed by atoms with Crippen LogP contribution in [0.3, 0.4) is 0 Å². The van der Waals surface area contributed by atoms with Crippen LogP contribution in [0.5, 0.6) is 5.75 Å². The number of fused-ring (bicyclic) bond motifs is 10. The third kappa shape index (κ3) is 5.81. The van der Waals surface area contributed by atoms with Crippen LogP contribution in [-0.4, -0.2) is 40.4 Å². The molecule has 2 aromatic heterocycles. The largest absolute Gasteiger partial charge is 0.496 e. The van der Waals surface area contributed by atoms with E-state index in [0.717, 1.165) is 27.8 Å². The van der Waals surface area contributed by atoms with Gasteiger partial charge in [-0.1, -0.05) is 25.1 Å². The first kappa shape index (κ1) is 28.8. The number of carbonyl (C=O) groups is 2. The molecule has 4 heterocycles. The van der Waals surface area contributed by atoms with Crippen LogP contribution in [0.15, 0.2) is 96.2 Å². The van der Waals surface area contributed by atoms with Crippen LogP contribution >= 0.6 is 0 Å². The molecule has 0 radical (unpaired) electrons. The second kappa shape index (κ2) is 12.1. The average Bonchev–Trinajstić information content (AvgIpc) is 3.57. The zero-order chi connectivity index (χ0) is 30.8. The number of aromatic amines is 1. The Morgan fingerprint density at radius 1 is 0.955 bits per heavy atom. The normalized spacial score (nSPS) is 17.5. The molecule has 9 nitrogen and oxygen atoms in total. The summed E-state index contributed by atoms with van der Waals surface area (Å²) >= 11 is 0. The molecule has 4 bridgehead atoms. The molecule has 0 saturated heterocycles. The van der Waals surface area contributed by atoms with Gasteiger partial charge in [-0.3, -0.25) is 14.4 Å². The van der Waals surface area contributed by atoms with Gasteiger partial charge in [0.25, 0.3) is 5.56 Å². The molecule has 224 valence electrons. The second-order valence-electron chi connectivity index (χ2n) is 11.3. The predicted octanol–water partition coefficient (Wildman–Crippen LogP) is 5.98. The van der Waals surface area contributed by atoms with E-state index in [2.05, 4.69) is 22.5 Å². The van der Waals surface area contributed by atoms with Crippen LogP contribution in [0.2, 0.25) is 0 Å². The minimum atomic E-state index is -0.774. The van der Waals surface area contributed by atoms with Crippen molar-refractivity contribution in [3.05, 3.63) is 118 Å². The molecule has 0 unspecified atom stereocenters. The molecule has 3 N–H and O–H groups in total. The van der Waals surface area contributed by atoms with Crippen LogP contribution in [0, 0.1) is 0 Å². The molecule has 2 amide bonds. The lowest BCUT2D eigenvalue weighted by molar-refractivity contribution is -0.131. The smallest absolute Gasteiger partial charge is 0.255 e. The Labute approximate surface area is 255 Å². The van der Waals surface area contributed by atoms with Gasteiger partial charge in [0, 0.05) is 55.4 Å². The van der Waals surface area contributed by atoms with E-state index in [1.165, 1.54) is 0 Å². The molecule has 7 rings (SSSR count). The summed E-state index contributed by atoms with van der Waals surface area (Å²) in [4.78, 5) is 44.2. The topological polar surface area (TPSA) is 108 Å². The molecule has 3 aromatic carbocycles. The Hall–Kier alpha value is -5.31. The first-order valence-electron chi connectivity index (χ1n) is 14.7. The van der Waals surface area contributed by atoms with Gasteiger partial charge in [-0.05, 0) is 89.0 Å². The monoisotopic (exact) mass is 589 g/mol. The highest BCUT2D eigenvalue weighted by Crippen LogP contribution is 2.34. The molecule has 9 heteroatoms. The number of carbonyl (C=O) groups excluding carboxylic acids is 2. The fraction of sp³-hybridized carbons (Fsp3) is 0.229. The second-order valence-corrected chi connectivity index (χ2v) is 11.3. The van der Waals surface area contributed by atoms with Crippen LogP contribution < -0.4 is 20.9 Å². The minimum absolute atomic E-state index is 0.0429. The van der Waals surface area contributed by atoms with Gasteiger partial charge in [-0.2, -0.15) is 0 Å². The SMILES string of the molecule is COc1cc2ccc1[C@@H](C)CCC(=O)Nc1ccc(-n3cccc3)c(c1)CN(C)C(=O)[C@@H]2Nc1ccc2cc[nH]c(=O)c2c1. The molecule has 0 spiro atoms. The van der Waals surface area contributed by atoms with E-state index < -0.39 is 6.04 Å². The quantitative estimate of drug-likeness (QED) is 0.239. The van der Waals surface area contributed by atoms with Crippen LogP contribution in [0.4, 0.5) is 11.4 Å². The maximum Gasteiger partial charge on any atom is 0.255 e. The summed E-state index contributed by atoms with van der Waals surface area (Å²) in [7, 11) is 3.38. The standard InChI is InChI=1S/C35H35N5O4/c1-22-6-13-32(41)37-26-10-12-30(40-16-4-5-17-40)25(18-26)21-39(2)35(43)33(24-8-11-28(22)31(19-24)44-3)38-27-9-7-23-14-15-36-34(42)29(23)20-27/h4-5,7-12,14-20,22,33,38H,6,13,21H2,1-3H3,(H,36,42)(H,37,41)/t22-,33+/m0/s1. The number of aromatic nitrogens is 2. The molecular formula is C35H35N5O4. The molecule has 5 aromatic rings. The number of hydrogen-bond acceptors (Lipinski definition) is 5. The average molecular weight is 590 g/mol. The van der Waals surface area contributed by atoms with Crippen molar-refractivity contribution >= 4 is 34.0 Å². The predicted molar refractivity (Wildman–Crippen MR) is 172 cm³/mol. The van der Waals surface area contributed by atoms with E-state index in [1.807, 2.05) is 83.7 Å². The van der Waals surface area contributed by atoms with Gasteiger partial charge < -0.3 is 29.8 Å². The van der Waals surface area contributed by atoms with Crippen molar-refractivity contribution in [1.82, 2.24) is 14.5 Å². The summed E-state index contributed by atoms with van der Waals surface area (Å²) in [5.41, 5.74) is 4.60. The van der Waals surface area contributed by atoms with Crippen molar-refractivity contribution in [2.24, 2.45) is 0 Å². The summed E-state index contributed by atoms with van der Waals surface area (Å²) in [5.74, 6) is 0.457. The molecule has 0 aliphatic carbocycles. The van der Waals surface area contributed by atoms with E-state index in [4.69, 9.17) is 4.74 Å². The van der Waals surface area contributed by atoms with Crippen molar-refractivity contribution in [1.29, 1.82) is 0 Å². The molecule has 2 aliphatic rings. The van der Waals surface area contributed by atoms with Crippen LogP contribution in [0.1, 0.15) is 48.4 Å². The number of rotatable bonds is 4. The fourth-order valence-corrected chi connectivity index (χ4v) is 5.86. The van der Waals surface area contributed by atoms with Crippen molar-refractivity contribution < 1.29 is 14.3 Å². The van der Waals surface area contributed by atoms with Gasteiger partial charge in [0.15, 0.2) is 0 Å². The lowest BCUT2D eigenvalue weighted by Crippen LogP contribution is -2.35. The van der Waals surface area contributed by atoms with E-state index >= 15 is 0 Å². The molecule has 44 heavy (non-hydrogen) atoms. The number of nitrogens with one attached hydrogen (secondary N) is 3. The number of anilines is 2. The molecule has 2 aliphatic heterocycles. The van der Waals surface area contributed by atoms with E-state index in [-0.39, 0.29) is 29.8 Å². The van der Waals surface area contributed by atoms with E-state index in [9.17, 15) is 14.4 Å². The lowest BCUT2D eigenvalue weighted by atomic mass is 9.92. The zero-order valence-corrected chi connectivity index (χ0v) is 25.0. The Kier molecular flexibility index (Phi) is 7.93. The van der Waals surface area contributed by atoms with Gasteiger partial charge >= 0.3 is 0 Å². The maximum absolute atomic E-state index is 14.4. The number of amides is 2. The Morgan fingerprint density at radius 3 is 2.57 bits per heavy atom. The summed E-state index contributed by atoms with van der Waals surface area (Å²) < 4.78 is 7.79. The van der Waals surface area contributed by atoms with Gasteiger partial charge in [-0.15, -0.1) is 0 Å². The van der Waals surface area contributed by atoms with Crippen molar-refractivity contribution in [3.63, 3.8) is 0 Å². The Balaban J connectivity index is 1.45. The lowest BCUT2D eigenvalue weighted by Gasteiger charge is -2.28. The molecule has 2 atom stereocenters. The maximum atomic E-state index is 14.4. The third-order valence-corrected chi connectivity index (χ3v) is 8.29. The molecule has 0 saturated carbocycles. The first-order chi connectivity index (χ1) is 21.3. The van der Waals surface area contributed by atoms with Crippen molar-refractivity contribution in [3.8, 4) is 11.4 Å². The zero-order valence-electron chi connectivity index (χ0n) is 25.0. The van der Waals surface area contributed by atoms with Gasteiger partial charge in [0.2, 0.25) is 11.8 Å². The first-order valence-corrected chi connectivity index (χ1v) is 14.7. The molecule has 0 fully saturated rings. The minimum Gasteiger partial charge on any atom is -0.496 e. The summed E-state index contributed by atoms with van der Waals surface area (Å²) in [6.07, 6.45) is 6.50. The highest BCUT2D eigenvalue weighted by atomic mass is 16.5. The summed E-state index contributed by atoms with van der Waals surface area (Å²) in [6, 6.07) is 22.0. The number of H-pyrrole nitrogens is 1.